The molecule has 0 amide bonds. The van der Waals surface area contributed by atoms with E-state index in [1.165, 1.54) is 71.0 Å². The highest BCUT2D eigenvalue weighted by Gasteiger charge is 2.31. The van der Waals surface area contributed by atoms with Crippen LogP contribution in [0.25, 0.3) is 0 Å². The first-order chi connectivity index (χ1) is 8.79. The lowest BCUT2D eigenvalue weighted by atomic mass is 9.89. The maximum atomic E-state index is 3.76. The van der Waals surface area contributed by atoms with Gasteiger partial charge in [0, 0.05) is 19.1 Å². The van der Waals surface area contributed by atoms with Crippen LogP contribution < -0.4 is 5.32 Å². The predicted octanol–water partition coefficient (Wildman–Crippen LogP) is 3.28. The molecule has 0 spiro atoms. The van der Waals surface area contributed by atoms with Crippen molar-refractivity contribution in [2.45, 2.75) is 64.3 Å². The second-order valence-electron chi connectivity index (χ2n) is 6.62. The van der Waals surface area contributed by atoms with E-state index in [9.17, 15) is 0 Å². The van der Waals surface area contributed by atoms with E-state index in [2.05, 4.69) is 24.2 Å². The van der Waals surface area contributed by atoms with Gasteiger partial charge in [0.15, 0.2) is 0 Å². The molecule has 0 aromatic rings. The van der Waals surface area contributed by atoms with Gasteiger partial charge in [-0.25, -0.2) is 0 Å². The minimum absolute atomic E-state index is 0.763. The Kier molecular flexibility index (Phi) is 5.97. The zero-order valence-corrected chi connectivity index (χ0v) is 12.5. The SMILES string of the molecule is CCCNC(CN(C)CC1CCCCC1)C1CC1. The first kappa shape index (κ1) is 14.3. The van der Waals surface area contributed by atoms with Gasteiger partial charge >= 0.3 is 0 Å². The second-order valence-corrected chi connectivity index (χ2v) is 6.62. The normalized spacial score (nSPS) is 23.5. The van der Waals surface area contributed by atoms with E-state index >= 15 is 0 Å². The van der Waals surface area contributed by atoms with E-state index in [0.29, 0.717) is 0 Å². The quantitative estimate of drug-likeness (QED) is 0.713. The van der Waals surface area contributed by atoms with Gasteiger partial charge in [-0.3, -0.25) is 0 Å². The summed E-state index contributed by atoms with van der Waals surface area (Å²) in [6.45, 7) is 6.05. The molecule has 0 aromatic carbocycles. The first-order valence-electron chi connectivity index (χ1n) is 8.21. The molecule has 2 aliphatic carbocycles. The molecule has 106 valence electrons. The Balaban J connectivity index is 1.68. The molecule has 2 heteroatoms. The Morgan fingerprint density at radius 2 is 1.83 bits per heavy atom. The van der Waals surface area contributed by atoms with Crippen LogP contribution in [0.2, 0.25) is 0 Å². The Labute approximate surface area is 114 Å². The van der Waals surface area contributed by atoms with E-state index in [1.807, 2.05) is 0 Å². The fourth-order valence-electron chi connectivity index (χ4n) is 3.43. The summed E-state index contributed by atoms with van der Waals surface area (Å²) in [6, 6.07) is 0.763. The van der Waals surface area contributed by atoms with Crippen LogP contribution >= 0.6 is 0 Å². The number of nitrogens with zero attached hydrogens (tertiary/aromatic N) is 1. The summed E-state index contributed by atoms with van der Waals surface area (Å²) < 4.78 is 0. The molecule has 2 aliphatic rings. The standard InChI is InChI=1S/C16H32N2/c1-3-11-17-16(15-9-10-15)13-18(2)12-14-7-5-4-6-8-14/h14-17H,3-13H2,1-2H3. The van der Waals surface area contributed by atoms with E-state index in [-0.39, 0.29) is 0 Å². The van der Waals surface area contributed by atoms with Gasteiger partial charge in [-0.1, -0.05) is 26.2 Å². The van der Waals surface area contributed by atoms with Crippen LogP contribution in [0, 0.1) is 11.8 Å². The Bertz CT molecular complexity index is 219. The van der Waals surface area contributed by atoms with Gasteiger partial charge in [-0.15, -0.1) is 0 Å². The molecule has 2 nitrogen and oxygen atoms in total. The summed E-state index contributed by atoms with van der Waals surface area (Å²) >= 11 is 0. The fraction of sp³-hybridized carbons (Fsp3) is 1.00. The minimum Gasteiger partial charge on any atom is -0.312 e. The molecule has 1 N–H and O–H groups in total. The molecule has 0 radical (unpaired) electrons. The van der Waals surface area contributed by atoms with Crippen molar-refractivity contribution in [1.82, 2.24) is 10.2 Å². The molecule has 2 rings (SSSR count). The Morgan fingerprint density at radius 3 is 2.44 bits per heavy atom. The Hall–Kier alpha value is -0.0800. The molecule has 1 atom stereocenters. The maximum Gasteiger partial charge on any atom is 0.0223 e. The molecule has 0 saturated heterocycles. The molecule has 0 aromatic heterocycles. The minimum atomic E-state index is 0.763. The highest BCUT2D eigenvalue weighted by atomic mass is 15.1. The van der Waals surface area contributed by atoms with E-state index in [1.54, 1.807) is 0 Å². The molecular weight excluding hydrogens is 220 g/mol. The lowest BCUT2D eigenvalue weighted by Crippen LogP contribution is -2.43. The van der Waals surface area contributed by atoms with Gasteiger partial charge in [0.2, 0.25) is 0 Å². The van der Waals surface area contributed by atoms with Crippen molar-refractivity contribution in [3.8, 4) is 0 Å². The van der Waals surface area contributed by atoms with Crippen LogP contribution in [0.15, 0.2) is 0 Å². The summed E-state index contributed by atoms with van der Waals surface area (Å²) in [5.74, 6) is 1.96. The average molecular weight is 252 g/mol. The van der Waals surface area contributed by atoms with Crippen molar-refractivity contribution < 1.29 is 0 Å². The highest BCUT2D eigenvalue weighted by Crippen LogP contribution is 2.33. The molecule has 0 bridgehead atoms. The number of nitrogens with one attached hydrogen (secondary N) is 1. The molecule has 18 heavy (non-hydrogen) atoms. The van der Waals surface area contributed by atoms with E-state index in [4.69, 9.17) is 0 Å². The maximum absolute atomic E-state index is 3.76. The molecule has 0 aliphatic heterocycles. The van der Waals surface area contributed by atoms with Gasteiger partial charge in [-0.05, 0) is 57.5 Å². The zero-order chi connectivity index (χ0) is 12.8. The number of rotatable bonds is 8. The van der Waals surface area contributed by atoms with Crippen molar-refractivity contribution in [2.75, 3.05) is 26.7 Å². The van der Waals surface area contributed by atoms with Crippen LogP contribution in [0.1, 0.15) is 58.3 Å². The van der Waals surface area contributed by atoms with E-state index in [0.717, 1.165) is 17.9 Å². The largest absolute Gasteiger partial charge is 0.312 e. The van der Waals surface area contributed by atoms with Gasteiger partial charge in [-0.2, -0.15) is 0 Å². The van der Waals surface area contributed by atoms with Crippen molar-refractivity contribution in [2.24, 2.45) is 11.8 Å². The van der Waals surface area contributed by atoms with Gasteiger partial charge in [0.05, 0.1) is 0 Å². The summed E-state index contributed by atoms with van der Waals surface area (Å²) in [5, 5.41) is 3.76. The van der Waals surface area contributed by atoms with Gasteiger partial charge < -0.3 is 10.2 Å². The third-order valence-corrected chi connectivity index (χ3v) is 4.65. The van der Waals surface area contributed by atoms with Crippen LogP contribution in [-0.4, -0.2) is 37.6 Å². The number of hydrogen-bond acceptors (Lipinski definition) is 2. The third-order valence-electron chi connectivity index (χ3n) is 4.65. The molecular formula is C16H32N2. The van der Waals surface area contributed by atoms with Crippen molar-refractivity contribution in [3.05, 3.63) is 0 Å². The third kappa shape index (κ3) is 4.89. The summed E-state index contributed by atoms with van der Waals surface area (Å²) in [7, 11) is 2.33. The van der Waals surface area contributed by atoms with Crippen molar-refractivity contribution in [3.63, 3.8) is 0 Å². The number of hydrogen-bond donors (Lipinski definition) is 1. The highest BCUT2D eigenvalue weighted by molar-refractivity contribution is 4.88. The predicted molar refractivity (Wildman–Crippen MR) is 78.9 cm³/mol. The van der Waals surface area contributed by atoms with Gasteiger partial charge in [0.25, 0.3) is 0 Å². The Morgan fingerprint density at radius 1 is 1.11 bits per heavy atom. The lowest BCUT2D eigenvalue weighted by molar-refractivity contribution is 0.209. The van der Waals surface area contributed by atoms with Crippen LogP contribution in [0.5, 0.6) is 0 Å². The fourth-order valence-corrected chi connectivity index (χ4v) is 3.43. The van der Waals surface area contributed by atoms with Crippen molar-refractivity contribution in [1.29, 1.82) is 0 Å². The summed E-state index contributed by atoms with van der Waals surface area (Å²) in [6.07, 6.45) is 11.5. The average Bonchev–Trinajstić information content (AvgIpc) is 3.20. The monoisotopic (exact) mass is 252 g/mol. The summed E-state index contributed by atoms with van der Waals surface area (Å²) in [4.78, 5) is 2.60. The molecule has 2 saturated carbocycles. The van der Waals surface area contributed by atoms with Crippen LogP contribution in [-0.2, 0) is 0 Å². The number of likely N-dealkylation sites (N-methyl/N-ethyl adjacent to an activating group) is 1. The smallest absolute Gasteiger partial charge is 0.0223 e. The van der Waals surface area contributed by atoms with Crippen LogP contribution in [0.3, 0.4) is 0 Å². The van der Waals surface area contributed by atoms with Crippen molar-refractivity contribution >= 4 is 0 Å². The van der Waals surface area contributed by atoms with Gasteiger partial charge in [0.1, 0.15) is 0 Å². The molecule has 2 fully saturated rings. The second kappa shape index (κ2) is 7.49. The summed E-state index contributed by atoms with van der Waals surface area (Å²) in [5.41, 5.74) is 0. The van der Waals surface area contributed by atoms with E-state index < -0.39 is 0 Å². The topological polar surface area (TPSA) is 15.3 Å². The van der Waals surface area contributed by atoms with Crippen LogP contribution in [0.4, 0.5) is 0 Å². The molecule has 1 unspecified atom stereocenters. The molecule has 0 heterocycles. The first-order valence-corrected chi connectivity index (χ1v) is 8.21. The zero-order valence-electron chi connectivity index (χ0n) is 12.5. The lowest BCUT2D eigenvalue weighted by Gasteiger charge is -2.30.